The second kappa shape index (κ2) is 8.38. The summed E-state index contributed by atoms with van der Waals surface area (Å²) < 4.78 is 0. The first kappa shape index (κ1) is 20.9. The fourth-order valence-electron chi connectivity index (χ4n) is 4.35. The lowest BCUT2D eigenvalue weighted by atomic mass is 9.95. The lowest BCUT2D eigenvalue weighted by Gasteiger charge is -2.41. The van der Waals surface area contributed by atoms with E-state index in [4.69, 9.17) is 0 Å². The first-order valence-electron chi connectivity index (χ1n) is 10.7. The first-order chi connectivity index (χ1) is 14.9. The molecule has 1 heterocycles. The summed E-state index contributed by atoms with van der Waals surface area (Å²) in [4.78, 5) is 30.7. The van der Waals surface area contributed by atoms with E-state index in [1.54, 1.807) is 9.80 Å². The number of carbonyl (C=O) groups excluding carboxylic acids is 2. The van der Waals surface area contributed by atoms with Crippen molar-refractivity contribution in [3.8, 4) is 0 Å². The highest BCUT2D eigenvalue weighted by atomic mass is 16.2. The van der Waals surface area contributed by atoms with Crippen molar-refractivity contribution in [2.45, 2.75) is 39.7 Å². The van der Waals surface area contributed by atoms with Gasteiger partial charge in [0.25, 0.3) is 5.91 Å². The Bertz CT molecular complexity index is 1080. The predicted octanol–water partition coefficient (Wildman–Crippen LogP) is 5.55. The number of hydrogen-bond donors (Lipinski definition) is 0. The fraction of sp³-hybridized carbons (Fsp3) is 0.259. The highest BCUT2D eigenvalue weighted by molar-refractivity contribution is 6.15. The molecular formula is C27H28N2O2. The number of amides is 2. The molecule has 3 aromatic rings. The molecule has 1 fully saturated rings. The number of nitrogens with zero attached hydrogens (tertiary/aromatic N) is 2. The highest BCUT2D eigenvalue weighted by Gasteiger charge is 2.42. The Morgan fingerprint density at radius 2 is 1.42 bits per heavy atom. The minimum Gasteiger partial charge on any atom is -0.300 e. The predicted molar refractivity (Wildman–Crippen MR) is 125 cm³/mol. The molecule has 1 aliphatic rings. The third kappa shape index (κ3) is 3.86. The molecule has 4 rings (SSSR count). The summed E-state index contributed by atoms with van der Waals surface area (Å²) in [5, 5.41) is 0. The molecule has 4 heteroatoms. The van der Waals surface area contributed by atoms with Crippen LogP contribution in [0, 0.1) is 13.8 Å². The van der Waals surface area contributed by atoms with Crippen LogP contribution >= 0.6 is 0 Å². The molecule has 0 aliphatic carbocycles. The van der Waals surface area contributed by atoms with Crippen molar-refractivity contribution in [2.24, 2.45) is 0 Å². The van der Waals surface area contributed by atoms with Gasteiger partial charge in [-0.05, 0) is 54.2 Å². The molecule has 31 heavy (non-hydrogen) atoms. The molecule has 1 atom stereocenters. The van der Waals surface area contributed by atoms with Gasteiger partial charge in [-0.3, -0.25) is 14.5 Å². The molecule has 0 saturated carbocycles. The Labute approximate surface area is 184 Å². The molecule has 1 aliphatic heterocycles. The van der Waals surface area contributed by atoms with Gasteiger partial charge >= 0.3 is 0 Å². The van der Waals surface area contributed by atoms with Gasteiger partial charge in [0.15, 0.2) is 0 Å². The van der Waals surface area contributed by atoms with E-state index < -0.39 is 6.04 Å². The smallest absolute Gasteiger partial charge is 0.255 e. The standard InChI is InChI=1S/C27H28N2O2/c1-18(2)21-13-15-22(16-14-21)26-27(31)28(25-19(3)9-8-10-20(25)4)17-24(30)29(26)23-11-6-5-7-12-23/h5-16,18,26H,17H2,1-4H3/t26-/m1/s1. The van der Waals surface area contributed by atoms with Gasteiger partial charge in [-0.1, -0.05) is 74.5 Å². The average Bonchev–Trinajstić information content (AvgIpc) is 2.76. The van der Waals surface area contributed by atoms with Crippen LogP contribution in [-0.4, -0.2) is 18.4 Å². The van der Waals surface area contributed by atoms with Crippen LogP contribution in [0.3, 0.4) is 0 Å². The zero-order valence-corrected chi connectivity index (χ0v) is 18.5. The fourth-order valence-corrected chi connectivity index (χ4v) is 4.35. The maximum Gasteiger partial charge on any atom is 0.255 e. The molecule has 0 unspecified atom stereocenters. The van der Waals surface area contributed by atoms with E-state index in [9.17, 15) is 9.59 Å². The lowest BCUT2D eigenvalue weighted by molar-refractivity contribution is -0.128. The van der Waals surface area contributed by atoms with Crippen LogP contribution in [0.15, 0.2) is 72.8 Å². The maximum absolute atomic E-state index is 13.9. The average molecular weight is 413 g/mol. The number of carbonyl (C=O) groups is 2. The maximum atomic E-state index is 13.9. The van der Waals surface area contributed by atoms with Crippen molar-refractivity contribution in [1.29, 1.82) is 0 Å². The number of piperazine rings is 1. The van der Waals surface area contributed by atoms with Crippen LogP contribution in [0.25, 0.3) is 0 Å². The quantitative estimate of drug-likeness (QED) is 0.564. The minimum atomic E-state index is -0.705. The monoisotopic (exact) mass is 412 g/mol. The molecule has 0 spiro atoms. The van der Waals surface area contributed by atoms with E-state index in [0.29, 0.717) is 5.92 Å². The van der Waals surface area contributed by atoms with E-state index in [-0.39, 0.29) is 18.4 Å². The van der Waals surface area contributed by atoms with E-state index in [2.05, 4.69) is 26.0 Å². The Kier molecular flexibility index (Phi) is 5.64. The molecule has 4 nitrogen and oxygen atoms in total. The molecule has 0 aromatic heterocycles. The van der Waals surface area contributed by atoms with Gasteiger partial charge in [-0.15, -0.1) is 0 Å². The van der Waals surface area contributed by atoms with Gasteiger partial charge in [0.1, 0.15) is 12.6 Å². The second-order valence-electron chi connectivity index (χ2n) is 8.49. The van der Waals surface area contributed by atoms with E-state index in [0.717, 1.165) is 28.1 Å². The van der Waals surface area contributed by atoms with E-state index >= 15 is 0 Å². The van der Waals surface area contributed by atoms with Crippen LogP contribution < -0.4 is 9.80 Å². The van der Waals surface area contributed by atoms with Gasteiger partial charge in [-0.25, -0.2) is 0 Å². The number of rotatable bonds is 4. The molecular weight excluding hydrogens is 384 g/mol. The molecule has 158 valence electrons. The number of hydrogen-bond acceptors (Lipinski definition) is 2. The van der Waals surface area contributed by atoms with Gasteiger partial charge in [0.2, 0.25) is 5.91 Å². The largest absolute Gasteiger partial charge is 0.300 e. The van der Waals surface area contributed by atoms with Gasteiger partial charge < -0.3 is 4.90 Å². The first-order valence-corrected chi connectivity index (χ1v) is 10.7. The molecule has 2 amide bonds. The van der Waals surface area contributed by atoms with Crippen molar-refractivity contribution >= 4 is 23.2 Å². The number of benzene rings is 3. The summed E-state index contributed by atoms with van der Waals surface area (Å²) in [5.74, 6) is 0.221. The summed E-state index contributed by atoms with van der Waals surface area (Å²) in [6, 6.07) is 22.8. The lowest BCUT2D eigenvalue weighted by Crippen LogP contribution is -2.56. The zero-order chi connectivity index (χ0) is 22.1. The normalized spacial score (nSPS) is 16.9. The Morgan fingerprint density at radius 1 is 0.806 bits per heavy atom. The number of anilines is 2. The SMILES string of the molecule is Cc1cccc(C)c1N1CC(=O)N(c2ccccc2)[C@H](c2ccc(C(C)C)cc2)C1=O. The summed E-state index contributed by atoms with van der Waals surface area (Å²) >= 11 is 0. The molecule has 3 aromatic carbocycles. The highest BCUT2D eigenvalue weighted by Crippen LogP contribution is 2.36. The van der Waals surface area contributed by atoms with Gasteiger partial charge in [0.05, 0.1) is 5.69 Å². The van der Waals surface area contributed by atoms with Crippen LogP contribution in [0.2, 0.25) is 0 Å². The van der Waals surface area contributed by atoms with Gasteiger partial charge in [-0.2, -0.15) is 0 Å². The van der Waals surface area contributed by atoms with Crippen molar-refractivity contribution < 1.29 is 9.59 Å². The Hall–Kier alpha value is -3.40. The minimum absolute atomic E-state index is 0.0278. The molecule has 0 radical (unpaired) electrons. The third-order valence-corrected chi connectivity index (χ3v) is 5.98. The van der Waals surface area contributed by atoms with Crippen molar-refractivity contribution in [3.63, 3.8) is 0 Å². The third-order valence-electron chi connectivity index (χ3n) is 5.98. The summed E-state index contributed by atoms with van der Waals surface area (Å²) in [6.45, 7) is 8.28. The summed E-state index contributed by atoms with van der Waals surface area (Å²) in [7, 11) is 0. The topological polar surface area (TPSA) is 40.6 Å². The summed E-state index contributed by atoms with van der Waals surface area (Å²) in [6.07, 6.45) is 0. The van der Waals surface area contributed by atoms with Crippen LogP contribution in [0.1, 0.15) is 48.1 Å². The van der Waals surface area contributed by atoms with Crippen LogP contribution in [-0.2, 0) is 9.59 Å². The van der Waals surface area contributed by atoms with Gasteiger partial charge in [0, 0.05) is 5.69 Å². The van der Waals surface area contributed by atoms with Crippen molar-refractivity contribution in [3.05, 3.63) is 95.1 Å². The van der Waals surface area contributed by atoms with Crippen LogP contribution in [0.5, 0.6) is 0 Å². The summed E-state index contributed by atoms with van der Waals surface area (Å²) in [5.41, 5.74) is 5.57. The van der Waals surface area contributed by atoms with Crippen LogP contribution in [0.4, 0.5) is 11.4 Å². The van der Waals surface area contributed by atoms with E-state index in [1.807, 2.05) is 74.5 Å². The number of aryl methyl sites for hydroxylation is 2. The zero-order valence-electron chi connectivity index (χ0n) is 18.5. The van der Waals surface area contributed by atoms with Crippen molar-refractivity contribution in [1.82, 2.24) is 0 Å². The Morgan fingerprint density at radius 3 is 2.00 bits per heavy atom. The molecule has 0 N–H and O–H groups in total. The molecule has 1 saturated heterocycles. The van der Waals surface area contributed by atoms with E-state index in [1.165, 1.54) is 5.56 Å². The molecule has 0 bridgehead atoms. The van der Waals surface area contributed by atoms with Crippen molar-refractivity contribution in [2.75, 3.05) is 16.3 Å². The Balaban J connectivity index is 1.84. The second-order valence-corrected chi connectivity index (χ2v) is 8.49. The number of para-hydroxylation sites is 2.